The van der Waals surface area contributed by atoms with E-state index in [4.69, 9.17) is 0 Å². The predicted molar refractivity (Wildman–Crippen MR) is 94.1 cm³/mol. The Morgan fingerprint density at radius 2 is 2.04 bits per heavy atom. The van der Waals surface area contributed by atoms with E-state index in [1.165, 1.54) is 16.1 Å². The van der Waals surface area contributed by atoms with Crippen LogP contribution in [-0.2, 0) is 19.5 Å². The zero-order valence-electron chi connectivity index (χ0n) is 13.9. The van der Waals surface area contributed by atoms with Crippen molar-refractivity contribution in [2.24, 2.45) is 0 Å². The number of amides is 2. The van der Waals surface area contributed by atoms with E-state index >= 15 is 0 Å². The lowest BCUT2D eigenvalue weighted by molar-refractivity contribution is 0.251. The Morgan fingerprint density at radius 1 is 1.20 bits per heavy atom. The molecule has 0 atom stereocenters. The van der Waals surface area contributed by atoms with Crippen LogP contribution in [0.1, 0.15) is 23.9 Å². The van der Waals surface area contributed by atoms with Crippen LogP contribution in [0.5, 0.6) is 0 Å². The molecule has 0 spiro atoms. The summed E-state index contributed by atoms with van der Waals surface area (Å²) in [6.07, 6.45) is 0.841. The van der Waals surface area contributed by atoms with E-state index in [0.717, 1.165) is 22.0 Å². The highest BCUT2D eigenvalue weighted by atomic mass is 32.1. The summed E-state index contributed by atoms with van der Waals surface area (Å²) < 4.78 is 0. The lowest BCUT2D eigenvalue weighted by atomic mass is 10.2. The van der Waals surface area contributed by atoms with Crippen LogP contribution >= 0.6 is 11.3 Å². The number of rotatable bonds is 6. The summed E-state index contributed by atoms with van der Waals surface area (Å²) >= 11 is 1.49. The van der Waals surface area contributed by atoms with Gasteiger partial charge in [0.15, 0.2) is 0 Å². The van der Waals surface area contributed by atoms with Gasteiger partial charge in [0.2, 0.25) is 5.82 Å². The van der Waals surface area contributed by atoms with E-state index in [9.17, 15) is 4.79 Å². The molecule has 3 rings (SSSR count). The molecular formula is C15H18N8OS. The second kappa shape index (κ2) is 7.79. The Morgan fingerprint density at radius 3 is 2.76 bits per heavy atom. The number of nitrogens with zero attached hydrogens (tertiary/aromatic N) is 6. The number of aryl methyl sites for hydroxylation is 2. The van der Waals surface area contributed by atoms with Gasteiger partial charge in [0.05, 0.1) is 13.1 Å². The van der Waals surface area contributed by atoms with Gasteiger partial charge in [0.25, 0.3) is 0 Å². The van der Waals surface area contributed by atoms with Crippen molar-refractivity contribution >= 4 is 23.1 Å². The summed E-state index contributed by atoms with van der Waals surface area (Å²) in [5.74, 6) is 0.520. The molecule has 0 aliphatic heterocycles. The maximum atomic E-state index is 12.0. The van der Waals surface area contributed by atoms with Gasteiger partial charge >= 0.3 is 6.03 Å². The average Bonchev–Trinajstić information content (AvgIpc) is 3.29. The molecule has 0 fully saturated rings. The van der Waals surface area contributed by atoms with Crippen molar-refractivity contribution in [2.45, 2.75) is 33.4 Å². The Balaban J connectivity index is 1.60. The molecule has 25 heavy (non-hydrogen) atoms. The van der Waals surface area contributed by atoms with Gasteiger partial charge in [-0.25, -0.2) is 4.79 Å². The van der Waals surface area contributed by atoms with Crippen LogP contribution in [-0.4, -0.2) is 36.4 Å². The summed E-state index contributed by atoms with van der Waals surface area (Å²) in [5.41, 5.74) is 1.43. The van der Waals surface area contributed by atoms with Gasteiger partial charge < -0.3 is 10.6 Å². The first-order valence-corrected chi connectivity index (χ1v) is 8.74. The van der Waals surface area contributed by atoms with Gasteiger partial charge in [-0.05, 0) is 30.7 Å². The van der Waals surface area contributed by atoms with Crippen LogP contribution < -0.4 is 10.6 Å². The standard InChI is InChI=1S/C15H18N8OS/c1-3-12-18-19-13(25-12)9-16-15(24)17-11-7-5-6-10(8-11)14-20-22-23(4-2)21-14/h5-8H,3-4,9H2,1-2H3,(H2,16,17,24). The summed E-state index contributed by atoms with van der Waals surface area (Å²) in [6.45, 7) is 4.95. The SMILES string of the molecule is CCc1nnc(CNC(=O)Nc2cccc(-c3nnn(CC)n3)c2)s1. The molecule has 0 bridgehead atoms. The highest BCUT2D eigenvalue weighted by molar-refractivity contribution is 7.11. The van der Waals surface area contributed by atoms with Gasteiger partial charge in [-0.3, -0.25) is 0 Å². The van der Waals surface area contributed by atoms with E-state index in [0.29, 0.717) is 24.6 Å². The highest BCUT2D eigenvalue weighted by Crippen LogP contribution is 2.18. The Labute approximate surface area is 148 Å². The molecule has 0 saturated carbocycles. The van der Waals surface area contributed by atoms with E-state index in [2.05, 4.69) is 36.2 Å². The van der Waals surface area contributed by atoms with Crippen molar-refractivity contribution in [3.63, 3.8) is 0 Å². The van der Waals surface area contributed by atoms with Crippen LogP contribution in [0.25, 0.3) is 11.4 Å². The van der Waals surface area contributed by atoms with Gasteiger partial charge in [-0.15, -0.1) is 20.4 Å². The minimum Gasteiger partial charge on any atom is -0.331 e. The van der Waals surface area contributed by atoms with Crippen LogP contribution in [0, 0.1) is 0 Å². The molecule has 2 aromatic heterocycles. The Hall–Kier alpha value is -2.88. The topological polar surface area (TPSA) is 111 Å². The fourth-order valence-corrected chi connectivity index (χ4v) is 2.79. The van der Waals surface area contributed by atoms with Crippen molar-refractivity contribution in [3.05, 3.63) is 34.3 Å². The smallest absolute Gasteiger partial charge is 0.319 e. The van der Waals surface area contributed by atoms with E-state index in [1.54, 1.807) is 12.1 Å². The minimum atomic E-state index is -0.310. The molecule has 9 nitrogen and oxygen atoms in total. The van der Waals surface area contributed by atoms with Gasteiger partial charge in [0.1, 0.15) is 10.0 Å². The number of nitrogens with one attached hydrogen (secondary N) is 2. The molecule has 2 N–H and O–H groups in total. The molecule has 3 aromatic rings. The molecule has 2 heterocycles. The number of anilines is 1. The largest absolute Gasteiger partial charge is 0.331 e. The van der Waals surface area contributed by atoms with E-state index < -0.39 is 0 Å². The molecule has 0 radical (unpaired) electrons. The molecular weight excluding hydrogens is 340 g/mol. The van der Waals surface area contributed by atoms with Gasteiger partial charge in [0, 0.05) is 11.3 Å². The third-order valence-electron chi connectivity index (χ3n) is 3.33. The maximum absolute atomic E-state index is 12.0. The molecule has 130 valence electrons. The summed E-state index contributed by atoms with van der Waals surface area (Å²) in [4.78, 5) is 13.6. The molecule has 10 heteroatoms. The van der Waals surface area contributed by atoms with Crippen LogP contribution in [0.4, 0.5) is 10.5 Å². The number of urea groups is 1. The number of aromatic nitrogens is 6. The van der Waals surface area contributed by atoms with E-state index in [1.807, 2.05) is 26.0 Å². The first-order chi connectivity index (χ1) is 12.2. The quantitative estimate of drug-likeness (QED) is 0.698. The highest BCUT2D eigenvalue weighted by Gasteiger charge is 2.09. The molecule has 1 aromatic carbocycles. The second-order valence-electron chi connectivity index (χ2n) is 5.13. The average molecular weight is 358 g/mol. The molecule has 0 unspecified atom stereocenters. The predicted octanol–water partition coefficient (Wildman–Crippen LogP) is 2.10. The maximum Gasteiger partial charge on any atom is 0.319 e. The van der Waals surface area contributed by atoms with E-state index in [-0.39, 0.29) is 6.03 Å². The lowest BCUT2D eigenvalue weighted by Crippen LogP contribution is -2.28. The Bertz CT molecular complexity index is 859. The van der Waals surface area contributed by atoms with Crippen molar-refractivity contribution in [2.75, 3.05) is 5.32 Å². The summed E-state index contributed by atoms with van der Waals surface area (Å²) in [5, 5.41) is 27.5. The van der Waals surface area contributed by atoms with Gasteiger partial charge in [-0.1, -0.05) is 30.4 Å². The zero-order chi connectivity index (χ0) is 17.6. The third-order valence-corrected chi connectivity index (χ3v) is 4.39. The third kappa shape index (κ3) is 4.35. The fraction of sp³-hybridized carbons (Fsp3) is 0.333. The van der Waals surface area contributed by atoms with Crippen molar-refractivity contribution < 1.29 is 4.79 Å². The zero-order valence-corrected chi connectivity index (χ0v) is 14.7. The lowest BCUT2D eigenvalue weighted by Gasteiger charge is -2.07. The normalized spacial score (nSPS) is 10.6. The number of carbonyl (C=O) groups excluding carboxylic acids is 1. The van der Waals surface area contributed by atoms with Crippen molar-refractivity contribution in [3.8, 4) is 11.4 Å². The number of benzene rings is 1. The summed E-state index contributed by atoms with van der Waals surface area (Å²) in [7, 11) is 0. The molecule has 2 amide bonds. The number of hydrogen-bond donors (Lipinski definition) is 2. The van der Waals surface area contributed by atoms with Crippen LogP contribution in [0.2, 0.25) is 0 Å². The number of tetrazole rings is 1. The minimum absolute atomic E-state index is 0.310. The van der Waals surface area contributed by atoms with Crippen molar-refractivity contribution in [1.82, 2.24) is 35.7 Å². The van der Waals surface area contributed by atoms with Gasteiger partial charge in [-0.2, -0.15) is 4.80 Å². The Kier molecular flexibility index (Phi) is 5.29. The molecule has 0 saturated heterocycles. The fourth-order valence-electron chi connectivity index (χ4n) is 2.06. The first kappa shape index (κ1) is 17.0. The number of hydrogen-bond acceptors (Lipinski definition) is 7. The summed E-state index contributed by atoms with van der Waals surface area (Å²) in [6, 6.07) is 6.99. The molecule has 0 aliphatic rings. The van der Waals surface area contributed by atoms with Crippen LogP contribution in [0.15, 0.2) is 24.3 Å². The van der Waals surface area contributed by atoms with Crippen molar-refractivity contribution in [1.29, 1.82) is 0 Å². The molecule has 0 aliphatic carbocycles. The number of carbonyl (C=O) groups is 1. The monoisotopic (exact) mass is 358 g/mol. The second-order valence-corrected chi connectivity index (χ2v) is 6.28. The van der Waals surface area contributed by atoms with Crippen LogP contribution in [0.3, 0.4) is 0 Å². The first-order valence-electron chi connectivity index (χ1n) is 7.92.